The second-order valence-corrected chi connectivity index (χ2v) is 11.2. The van der Waals surface area contributed by atoms with Crippen LogP contribution in [0.1, 0.15) is 73.7 Å². The van der Waals surface area contributed by atoms with Crippen molar-refractivity contribution < 1.29 is 9.90 Å². The number of rotatable bonds is 6. The second kappa shape index (κ2) is 9.93. The summed E-state index contributed by atoms with van der Waals surface area (Å²) in [5.74, 6) is 0.553. The van der Waals surface area contributed by atoms with Crippen molar-refractivity contribution in [2.75, 3.05) is 37.6 Å². The number of carboxylic acids is 1. The molecule has 2 aliphatic heterocycles. The Hall–Kier alpha value is -2.79. The lowest BCUT2D eigenvalue weighted by molar-refractivity contribution is 0.0697. The van der Waals surface area contributed by atoms with Gasteiger partial charge in [0.25, 0.3) is 0 Å². The van der Waals surface area contributed by atoms with E-state index in [1.165, 1.54) is 85.9 Å². The highest BCUT2D eigenvalue weighted by atomic mass is 16.4. The Labute approximate surface area is 214 Å². The highest BCUT2D eigenvalue weighted by molar-refractivity contribution is 5.99. The minimum absolute atomic E-state index is 0.381. The van der Waals surface area contributed by atoms with Crippen LogP contribution in [0.25, 0.3) is 22.2 Å². The first kappa shape index (κ1) is 23.6. The van der Waals surface area contributed by atoms with Crippen LogP contribution in [-0.4, -0.2) is 53.3 Å². The van der Waals surface area contributed by atoms with E-state index in [2.05, 4.69) is 51.6 Å². The van der Waals surface area contributed by atoms with E-state index in [9.17, 15) is 9.90 Å². The number of carboxylic acid groups (broad SMARTS) is 1. The fourth-order valence-electron chi connectivity index (χ4n) is 7.07. The van der Waals surface area contributed by atoms with Crippen LogP contribution in [0.4, 0.5) is 5.69 Å². The van der Waals surface area contributed by atoms with Crippen molar-refractivity contribution >= 4 is 22.6 Å². The van der Waals surface area contributed by atoms with Crippen LogP contribution in [0.2, 0.25) is 0 Å². The van der Waals surface area contributed by atoms with Gasteiger partial charge in [0.05, 0.1) is 11.3 Å². The lowest BCUT2D eigenvalue weighted by atomic mass is 9.81. The van der Waals surface area contributed by atoms with Crippen LogP contribution in [0.5, 0.6) is 0 Å². The quantitative estimate of drug-likeness (QED) is 0.427. The lowest BCUT2D eigenvalue weighted by Crippen LogP contribution is -2.35. The smallest absolute Gasteiger partial charge is 0.335 e. The van der Waals surface area contributed by atoms with Crippen molar-refractivity contribution in [3.8, 4) is 11.3 Å². The van der Waals surface area contributed by atoms with Gasteiger partial charge in [-0.2, -0.15) is 0 Å². The molecule has 1 aliphatic carbocycles. The summed E-state index contributed by atoms with van der Waals surface area (Å²) in [7, 11) is 0. The van der Waals surface area contributed by atoms with Gasteiger partial charge in [-0.25, -0.2) is 4.79 Å². The first-order valence-corrected chi connectivity index (χ1v) is 14.1. The molecule has 2 aromatic carbocycles. The molecule has 1 unspecified atom stereocenters. The molecule has 3 aliphatic rings. The maximum absolute atomic E-state index is 11.9. The van der Waals surface area contributed by atoms with Gasteiger partial charge >= 0.3 is 5.97 Å². The molecule has 6 rings (SSSR count). The zero-order valence-electron chi connectivity index (χ0n) is 21.6. The Bertz CT molecular complexity index is 1260. The number of fused-ring (bicyclic) bond motifs is 5. The van der Waals surface area contributed by atoms with E-state index in [-0.39, 0.29) is 0 Å². The van der Waals surface area contributed by atoms with Crippen molar-refractivity contribution in [3.05, 3.63) is 53.6 Å². The molecule has 0 spiro atoms. The summed E-state index contributed by atoms with van der Waals surface area (Å²) >= 11 is 0. The molecule has 1 aromatic heterocycles. The van der Waals surface area contributed by atoms with Crippen molar-refractivity contribution in [1.82, 2.24) is 9.47 Å². The predicted octanol–water partition coefficient (Wildman–Crippen LogP) is 6.61. The summed E-state index contributed by atoms with van der Waals surface area (Å²) in [6, 6.07) is 14.7. The van der Waals surface area contributed by atoms with E-state index in [0.29, 0.717) is 11.5 Å². The van der Waals surface area contributed by atoms with Gasteiger partial charge in [-0.05, 0) is 61.4 Å². The third-order valence-corrected chi connectivity index (χ3v) is 9.09. The van der Waals surface area contributed by atoms with Gasteiger partial charge in [-0.15, -0.1) is 0 Å². The summed E-state index contributed by atoms with van der Waals surface area (Å²) in [5, 5.41) is 11.0. The van der Waals surface area contributed by atoms with E-state index < -0.39 is 5.97 Å². The molecule has 1 atom stereocenters. The van der Waals surface area contributed by atoms with E-state index in [4.69, 9.17) is 0 Å². The van der Waals surface area contributed by atoms with Crippen LogP contribution >= 0.6 is 0 Å². The van der Waals surface area contributed by atoms with Gasteiger partial charge in [0.1, 0.15) is 0 Å². The van der Waals surface area contributed by atoms with Crippen molar-refractivity contribution in [3.63, 3.8) is 0 Å². The Balaban J connectivity index is 1.43. The van der Waals surface area contributed by atoms with Crippen LogP contribution in [0, 0.1) is 5.92 Å². The van der Waals surface area contributed by atoms with Crippen LogP contribution in [0.15, 0.2) is 42.5 Å². The van der Waals surface area contributed by atoms with Crippen molar-refractivity contribution in [2.45, 2.75) is 64.3 Å². The van der Waals surface area contributed by atoms with Gasteiger partial charge in [0, 0.05) is 54.9 Å². The predicted molar refractivity (Wildman–Crippen MR) is 147 cm³/mol. The monoisotopic (exact) mass is 485 g/mol. The summed E-state index contributed by atoms with van der Waals surface area (Å²) in [6.07, 6.45) is 8.97. The number of likely N-dealkylation sites (tertiary alicyclic amines) is 1. The average Bonchev–Trinajstić information content (AvgIpc) is 3.47. The molecule has 3 heterocycles. The maximum atomic E-state index is 11.9. The SMILES string of the molecule is CCC1CCN(CCN2CCn3c(c(C4CCCCC4)c4ccc(C(=O)O)cc43)-c3ccccc32)C1. The topological polar surface area (TPSA) is 48.7 Å². The molecule has 5 heteroatoms. The Kier molecular flexibility index (Phi) is 6.51. The van der Waals surface area contributed by atoms with E-state index in [1.54, 1.807) is 6.07 Å². The first-order valence-electron chi connectivity index (χ1n) is 14.1. The molecule has 190 valence electrons. The van der Waals surface area contributed by atoms with Gasteiger partial charge in [-0.1, -0.05) is 56.9 Å². The molecule has 1 saturated heterocycles. The number of aromatic nitrogens is 1. The zero-order valence-corrected chi connectivity index (χ0v) is 21.6. The maximum Gasteiger partial charge on any atom is 0.335 e. The minimum Gasteiger partial charge on any atom is -0.478 e. The molecule has 5 nitrogen and oxygen atoms in total. The molecular formula is C31H39N3O2. The molecule has 3 aromatic rings. The first-order chi connectivity index (χ1) is 17.6. The number of aromatic carboxylic acids is 1. The van der Waals surface area contributed by atoms with Crippen LogP contribution in [0.3, 0.4) is 0 Å². The Morgan fingerprint density at radius 1 is 0.972 bits per heavy atom. The fraction of sp³-hybridized carbons (Fsp3) is 0.516. The van der Waals surface area contributed by atoms with Gasteiger partial charge < -0.3 is 19.5 Å². The highest BCUT2D eigenvalue weighted by Crippen LogP contribution is 2.47. The van der Waals surface area contributed by atoms with Crippen molar-refractivity contribution in [2.24, 2.45) is 5.92 Å². The number of anilines is 1. The molecule has 2 fully saturated rings. The molecule has 0 bridgehead atoms. The summed E-state index contributed by atoms with van der Waals surface area (Å²) in [4.78, 5) is 17.1. The largest absolute Gasteiger partial charge is 0.478 e. The van der Waals surface area contributed by atoms with E-state index >= 15 is 0 Å². The number of carbonyl (C=O) groups is 1. The average molecular weight is 486 g/mol. The van der Waals surface area contributed by atoms with Crippen molar-refractivity contribution in [1.29, 1.82) is 0 Å². The summed E-state index contributed by atoms with van der Waals surface area (Å²) in [6.45, 7) is 8.75. The molecular weight excluding hydrogens is 446 g/mol. The fourth-order valence-corrected chi connectivity index (χ4v) is 7.07. The highest BCUT2D eigenvalue weighted by Gasteiger charge is 2.31. The van der Waals surface area contributed by atoms with Crippen LogP contribution in [-0.2, 0) is 6.54 Å². The third kappa shape index (κ3) is 4.21. The number of benzene rings is 2. The number of nitrogens with zero attached hydrogens (tertiary/aromatic N) is 3. The minimum atomic E-state index is -0.849. The molecule has 0 radical (unpaired) electrons. The van der Waals surface area contributed by atoms with Crippen LogP contribution < -0.4 is 4.90 Å². The Morgan fingerprint density at radius 3 is 2.58 bits per heavy atom. The molecule has 1 saturated carbocycles. The lowest BCUT2D eigenvalue weighted by Gasteiger charge is -2.28. The van der Waals surface area contributed by atoms with E-state index in [0.717, 1.165) is 37.6 Å². The second-order valence-electron chi connectivity index (χ2n) is 11.2. The standard InChI is InChI=1S/C31H39N3O2/c1-2-22-14-15-32(21-22)16-17-33-18-19-34-28-20-24(31(35)36)12-13-25(28)29(23-8-4-3-5-9-23)30(34)26-10-6-7-11-27(26)33/h6-7,10-13,20,22-23H,2-5,8-9,14-19,21H2,1H3,(H,35,36). The van der Waals surface area contributed by atoms with Gasteiger partial charge in [0.15, 0.2) is 0 Å². The van der Waals surface area contributed by atoms with Gasteiger partial charge in [0.2, 0.25) is 0 Å². The number of hydrogen-bond donors (Lipinski definition) is 1. The third-order valence-electron chi connectivity index (χ3n) is 9.09. The number of hydrogen-bond acceptors (Lipinski definition) is 3. The molecule has 36 heavy (non-hydrogen) atoms. The number of para-hydroxylation sites is 1. The normalized spacial score (nSPS) is 20.9. The summed E-state index contributed by atoms with van der Waals surface area (Å²) < 4.78 is 2.45. The van der Waals surface area contributed by atoms with E-state index in [1.807, 2.05) is 6.07 Å². The molecule has 0 amide bonds. The Morgan fingerprint density at radius 2 is 1.81 bits per heavy atom. The zero-order chi connectivity index (χ0) is 24.6. The molecule has 1 N–H and O–H groups in total. The summed E-state index contributed by atoms with van der Waals surface area (Å²) in [5.41, 5.74) is 6.92. The van der Waals surface area contributed by atoms with Gasteiger partial charge in [-0.3, -0.25) is 0 Å².